The molecule has 0 spiro atoms. The quantitative estimate of drug-likeness (QED) is 0.911. The van der Waals surface area contributed by atoms with E-state index in [1.807, 2.05) is 0 Å². The number of nitrogens with zero attached hydrogens (tertiary/aromatic N) is 2. The molecule has 2 aromatic rings. The van der Waals surface area contributed by atoms with Gasteiger partial charge in [-0.25, -0.2) is 0 Å². The molecule has 0 amide bonds. The molecule has 21 heavy (non-hydrogen) atoms. The molecule has 3 rings (SSSR count). The van der Waals surface area contributed by atoms with Gasteiger partial charge < -0.3 is 5.32 Å². The summed E-state index contributed by atoms with van der Waals surface area (Å²) >= 11 is 0. The minimum absolute atomic E-state index is 0.742. The molecule has 3 heteroatoms. The van der Waals surface area contributed by atoms with Gasteiger partial charge in [0.1, 0.15) is 0 Å². The Labute approximate surface area is 127 Å². The number of hydrogen-bond donors (Lipinski definition) is 1. The Balaban J connectivity index is 1.78. The van der Waals surface area contributed by atoms with Gasteiger partial charge in [-0.3, -0.25) is 4.68 Å². The third-order valence-electron chi connectivity index (χ3n) is 4.58. The lowest BCUT2D eigenvalue weighted by molar-refractivity contribution is 0.651. The molecule has 1 heterocycles. The molecule has 0 unspecified atom stereocenters. The Morgan fingerprint density at radius 1 is 1.14 bits per heavy atom. The fourth-order valence-electron chi connectivity index (χ4n) is 2.75. The van der Waals surface area contributed by atoms with E-state index < -0.39 is 0 Å². The van der Waals surface area contributed by atoms with Crippen molar-refractivity contribution < 1.29 is 0 Å². The van der Waals surface area contributed by atoms with Crippen molar-refractivity contribution in [3.63, 3.8) is 0 Å². The fraction of sp³-hybridized carbons (Fsp3) is 0.500. The van der Waals surface area contributed by atoms with E-state index in [-0.39, 0.29) is 0 Å². The van der Waals surface area contributed by atoms with Crippen LogP contribution in [0.15, 0.2) is 18.2 Å². The first-order valence-corrected chi connectivity index (χ1v) is 7.87. The second-order valence-electron chi connectivity index (χ2n) is 6.38. The van der Waals surface area contributed by atoms with Crippen LogP contribution in [0.1, 0.15) is 46.5 Å². The first-order chi connectivity index (χ1) is 10.0. The smallest absolute Gasteiger partial charge is 0.0662 e. The lowest BCUT2D eigenvalue weighted by Crippen LogP contribution is -2.16. The van der Waals surface area contributed by atoms with E-state index in [4.69, 9.17) is 5.10 Å². The lowest BCUT2D eigenvalue weighted by atomic mass is 10.1. The summed E-state index contributed by atoms with van der Waals surface area (Å²) in [7, 11) is 0. The normalized spacial score (nSPS) is 14.7. The zero-order valence-electron chi connectivity index (χ0n) is 13.5. The van der Waals surface area contributed by atoms with Crippen molar-refractivity contribution in [3.8, 4) is 0 Å². The molecular weight excluding hydrogens is 258 g/mol. The van der Waals surface area contributed by atoms with Gasteiger partial charge in [0.15, 0.2) is 0 Å². The zero-order chi connectivity index (χ0) is 15.0. The van der Waals surface area contributed by atoms with Crippen LogP contribution in [-0.4, -0.2) is 15.8 Å². The van der Waals surface area contributed by atoms with Crippen molar-refractivity contribution >= 4 is 0 Å². The van der Waals surface area contributed by atoms with E-state index in [1.165, 1.54) is 40.8 Å². The summed E-state index contributed by atoms with van der Waals surface area (Å²) in [6.45, 7) is 10.4. The molecule has 0 saturated heterocycles. The van der Waals surface area contributed by atoms with Crippen molar-refractivity contribution in [1.29, 1.82) is 0 Å². The summed E-state index contributed by atoms with van der Waals surface area (Å²) in [5, 5.41) is 8.33. The van der Waals surface area contributed by atoms with Crippen LogP contribution in [0.3, 0.4) is 0 Å². The van der Waals surface area contributed by atoms with Gasteiger partial charge in [-0.05, 0) is 57.2 Å². The molecule has 1 aliphatic rings. The maximum atomic E-state index is 4.73. The van der Waals surface area contributed by atoms with Crippen LogP contribution in [0.5, 0.6) is 0 Å². The van der Waals surface area contributed by atoms with E-state index in [1.54, 1.807) is 0 Å². The van der Waals surface area contributed by atoms with Crippen LogP contribution in [0.2, 0.25) is 0 Å². The van der Waals surface area contributed by atoms with E-state index in [9.17, 15) is 0 Å². The minimum atomic E-state index is 0.742. The molecule has 1 aliphatic carbocycles. The van der Waals surface area contributed by atoms with Crippen molar-refractivity contribution in [2.24, 2.45) is 0 Å². The van der Waals surface area contributed by atoms with E-state index in [0.717, 1.165) is 24.8 Å². The standard InChI is InChI=1S/C18H25N3/c1-12-5-6-16(9-13(12)2)11-21-15(4)18(14(3)20-21)10-19-17-7-8-17/h5-6,9,17,19H,7-8,10-11H2,1-4H3. The van der Waals surface area contributed by atoms with E-state index in [2.05, 4.69) is 55.9 Å². The number of rotatable bonds is 5. The van der Waals surface area contributed by atoms with Gasteiger partial charge in [-0.15, -0.1) is 0 Å². The van der Waals surface area contributed by atoms with Crippen molar-refractivity contribution in [1.82, 2.24) is 15.1 Å². The van der Waals surface area contributed by atoms with Crippen LogP contribution in [0.25, 0.3) is 0 Å². The summed E-state index contributed by atoms with van der Waals surface area (Å²) in [5.74, 6) is 0. The van der Waals surface area contributed by atoms with Crippen molar-refractivity contribution in [2.75, 3.05) is 0 Å². The molecule has 1 aromatic heterocycles. The molecular formula is C18H25N3. The zero-order valence-corrected chi connectivity index (χ0v) is 13.5. The fourth-order valence-corrected chi connectivity index (χ4v) is 2.75. The molecule has 0 radical (unpaired) electrons. The number of nitrogens with one attached hydrogen (secondary N) is 1. The topological polar surface area (TPSA) is 29.9 Å². The number of aryl methyl sites for hydroxylation is 3. The highest BCUT2D eigenvalue weighted by molar-refractivity contribution is 5.31. The van der Waals surface area contributed by atoms with Crippen molar-refractivity contribution in [2.45, 2.75) is 59.7 Å². The Bertz CT molecular complexity index is 651. The highest BCUT2D eigenvalue weighted by Crippen LogP contribution is 2.21. The molecule has 1 fully saturated rings. The summed E-state index contributed by atoms with van der Waals surface area (Å²) in [6, 6.07) is 7.42. The molecule has 1 N–H and O–H groups in total. The minimum Gasteiger partial charge on any atom is -0.310 e. The van der Waals surface area contributed by atoms with E-state index >= 15 is 0 Å². The number of hydrogen-bond acceptors (Lipinski definition) is 2. The molecule has 1 saturated carbocycles. The summed E-state index contributed by atoms with van der Waals surface area (Å²) < 4.78 is 2.14. The predicted molar refractivity (Wildman–Crippen MR) is 86.6 cm³/mol. The SMILES string of the molecule is Cc1ccc(Cn2nc(C)c(CNC3CC3)c2C)cc1C. The Hall–Kier alpha value is -1.61. The third-order valence-corrected chi connectivity index (χ3v) is 4.58. The maximum Gasteiger partial charge on any atom is 0.0662 e. The number of aromatic nitrogens is 2. The van der Waals surface area contributed by atoms with Crippen LogP contribution in [0, 0.1) is 27.7 Å². The van der Waals surface area contributed by atoms with Crippen LogP contribution in [0.4, 0.5) is 0 Å². The Morgan fingerprint density at radius 3 is 2.57 bits per heavy atom. The average molecular weight is 283 g/mol. The highest BCUT2D eigenvalue weighted by Gasteiger charge is 2.21. The second kappa shape index (κ2) is 5.64. The summed E-state index contributed by atoms with van der Waals surface area (Å²) in [6.07, 6.45) is 2.66. The molecule has 3 nitrogen and oxygen atoms in total. The molecule has 0 atom stereocenters. The first kappa shape index (κ1) is 14.3. The Kier molecular flexibility index (Phi) is 3.85. The van der Waals surface area contributed by atoms with Gasteiger partial charge in [0.05, 0.1) is 12.2 Å². The van der Waals surface area contributed by atoms with Gasteiger partial charge in [-0.2, -0.15) is 5.10 Å². The first-order valence-electron chi connectivity index (χ1n) is 7.87. The molecule has 1 aromatic carbocycles. The third kappa shape index (κ3) is 3.18. The monoisotopic (exact) mass is 283 g/mol. The molecule has 0 aliphatic heterocycles. The maximum absolute atomic E-state index is 4.73. The van der Waals surface area contributed by atoms with Gasteiger partial charge in [0, 0.05) is 23.8 Å². The van der Waals surface area contributed by atoms with E-state index in [0.29, 0.717) is 0 Å². The van der Waals surface area contributed by atoms with Gasteiger partial charge in [0.2, 0.25) is 0 Å². The summed E-state index contributed by atoms with van der Waals surface area (Å²) in [4.78, 5) is 0. The van der Waals surface area contributed by atoms with Gasteiger partial charge in [-0.1, -0.05) is 18.2 Å². The largest absolute Gasteiger partial charge is 0.310 e. The molecule has 0 bridgehead atoms. The molecule has 112 valence electrons. The lowest BCUT2D eigenvalue weighted by Gasteiger charge is -2.08. The number of benzene rings is 1. The van der Waals surface area contributed by atoms with Crippen LogP contribution < -0.4 is 5.32 Å². The van der Waals surface area contributed by atoms with Crippen LogP contribution >= 0.6 is 0 Å². The Morgan fingerprint density at radius 2 is 1.90 bits per heavy atom. The predicted octanol–water partition coefficient (Wildman–Crippen LogP) is 3.42. The highest BCUT2D eigenvalue weighted by atomic mass is 15.3. The average Bonchev–Trinajstić information content (AvgIpc) is 3.22. The summed E-state index contributed by atoms with van der Waals surface area (Å²) in [5.41, 5.74) is 7.84. The second-order valence-corrected chi connectivity index (χ2v) is 6.38. The van der Waals surface area contributed by atoms with Gasteiger partial charge in [0.25, 0.3) is 0 Å². The van der Waals surface area contributed by atoms with Crippen LogP contribution in [-0.2, 0) is 13.1 Å². The van der Waals surface area contributed by atoms with Gasteiger partial charge >= 0.3 is 0 Å². The van der Waals surface area contributed by atoms with Crippen molar-refractivity contribution in [3.05, 3.63) is 51.8 Å².